The highest BCUT2D eigenvalue weighted by molar-refractivity contribution is 14.0. The Hall–Kier alpha value is -0.0400. The van der Waals surface area contributed by atoms with Crippen LogP contribution in [0.4, 0.5) is 0 Å². The number of hydrogen-bond donors (Lipinski definition) is 2. The van der Waals surface area contributed by atoms with E-state index in [1.165, 1.54) is 45.2 Å². The highest BCUT2D eigenvalue weighted by Gasteiger charge is 2.27. The van der Waals surface area contributed by atoms with Gasteiger partial charge in [-0.1, -0.05) is 19.8 Å². The zero-order chi connectivity index (χ0) is 14.8. The van der Waals surface area contributed by atoms with Gasteiger partial charge in [-0.15, -0.1) is 24.0 Å². The van der Waals surface area contributed by atoms with Crippen LogP contribution in [0.1, 0.15) is 59.8 Å². The van der Waals surface area contributed by atoms with Crippen LogP contribution in [-0.2, 0) is 0 Å². The first kappa shape index (κ1) is 21.0. The van der Waals surface area contributed by atoms with Crippen molar-refractivity contribution in [1.82, 2.24) is 15.5 Å². The topological polar surface area (TPSA) is 39.7 Å². The number of nitrogens with one attached hydrogen (secondary N) is 2. The predicted molar refractivity (Wildman–Crippen MR) is 104 cm³/mol. The molecule has 0 aromatic carbocycles. The number of rotatable bonds is 7. The van der Waals surface area contributed by atoms with E-state index in [1.807, 2.05) is 0 Å². The van der Waals surface area contributed by atoms with Crippen LogP contribution in [0.2, 0.25) is 0 Å². The quantitative estimate of drug-likeness (QED) is 0.293. The number of guanidine groups is 1. The summed E-state index contributed by atoms with van der Waals surface area (Å²) in [6, 6.07) is 0. The Kier molecular flexibility index (Phi) is 11.5. The first-order chi connectivity index (χ1) is 9.60. The average molecular weight is 410 g/mol. The minimum absolute atomic E-state index is 0. The molecule has 1 heterocycles. The van der Waals surface area contributed by atoms with Gasteiger partial charge in [-0.05, 0) is 53.1 Å². The third-order valence-corrected chi connectivity index (χ3v) is 4.00. The van der Waals surface area contributed by atoms with Gasteiger partial charge in [-0.2, -0.15) is 0 Å². The van der Waals surface area contributed by atoms with Crippen molar-refractivity contribution in [2.75, 3.05) is 32.7 Å². The molecule has 21 heavy (non-hydrogen) atoms. The van der Waals surface area contributed by atoms with E-state index in [9.17, 15) is 0 Å². The molecule has 1 rings (SSSR count). The summed E-state index contributed by atoms with van der Waals surface area (Å²) in [6.45, 7) is 14.2. The van der Waals surface area contributed by atoms with Crippen molar-refractivity contribution in [3.63, 3.8) is 0 Å². The molecule has 0 bridgehead atoms. The predicted octanol–water partition coefficient (Wildman–Crippen LogP) is 3.22. The minimum Gasteiger partial charge on any atom is -0.357 e. The second-order valence-corrected chi connectivity index (χ2v) is 6.34. The van der Waals surface area contributed by atoms with Crippen LogP contribution < -0.4 is 10.6 Å². The van der Waals surface area contributed by atoms with Gasteiger partial charge in [0.15, 0.2) is 5.96 Å². The van der Waals surface area contributed by atoms with Crippen molar-refractivity contribution in [2.24, 2.45) is 4.99 Å². The summed E-state index contributed by atoms with van der Waals surface area (Å²) in [4.78, 5) is 7.38. The maximum atomic E-state index is 4.78. The zero-order valence-corrected chi connectivity index (χ0v) is 16.7. The monoisotopic (exact) mass is 410 g/mol. The Morgan fingerprint density at radius 2 is 1.76 bits per heavy atom. The molecule has 2 N–H and O–H groups in total. The summed E-state index contributed by atoms with van der Waals surface area (Å²) in [5.41, 5.74) is 0.160. The number of piperidine rings is 1. The zero-order valence-electron chi connectivity index (χ0n) is 14.4. The Morgan fingerprint density at radius 1 is 1.10 bits per heavy atom. The van der Waals surface area contributed by atoms with Gasteiger partial charge in [0.2, 0.25) is 0 Å². The van der Waals surface area contributed by atoms with Crippen molar-refractivity contribution in [2.45, 2.75) is 65.3 Å². The SMILES string of the molecule is CCCCNC(=NCC(C)(C)N1CCCCC1)NCC.I. The molecule has 1 aliphatic rings. The van der Waals surface area contributed by atoms with Crippen molar-refractivity contribution in [3.05, 3.63) is 0 Å². The van der Waals surface area contributed by atoms with E-state index in [-0.39, 0.29) is 29.5 Å². The molecule has 0 radical (unpaired) electrons. The highest BCUT2D eigenvalue weighted by atomic mass is 127. The molecule has 0 aliphatic carbocycles. The van der Waals surface area contributed by atoms with Crippen molar-refractivity contribution in [1.29, 1.82) is 0 Å². The molecule has 1 fully saturated rings. The largest absolute Gasteiger partial charge is 0.357 e. The maximum absolute atomic E-state index is 4.78. The van der Waals surface area contributed by atoms with Crippen LogP contribution in [-0.4, -0.2) is 49.1 Å². The van der Waals surface area contributed by atoms with E-state index >= 15 is 0 Å². The lowest BCUT2D eigenvalue weighted by Gasteiger charge is -2.40. The molecule has 5 heteroatoms. The molecule has 0 unspecified atom stereocenters. The second kappa shape index (κ2) is 11.5. The van der Waals surface area contributed by atoms with E-state index < -0.39 is 0 Å². The van der Waals surface area contributed by atoms with Gasteiger partial charge in [0, 0.05) is 18.6 Å². The van der Waals surface area contributed by atoms with Crippen LogP contribution in [0.25, 0.3) is 0 Å². The van der Waals surface area contributed by atoms with Crippen molar-refractivity contribution in [3.8, 4) is 0 Å². The Labute approximate surface area is 148 Å². The van der Waals surface area contributed by atoms with E-state index in [0.29, 0.717) is 0 Å². The number of unbranched alkanes of at least 4 members (excludes halogenated alkanes) is 1. The van der Waals surface area contributed by atoms with Crippen molar-refractivity contribution >= 4 is 29.9 Å². The first-order valence-corrected chi connectivity index (χ1v) is 8.37. The normalized spacial score (nSPS) is 17.2. The summed E-state index contributed by atoms with van der Waals surface area (Å²) in [6.07, 6.45) is 6.46. The smallest absolute Gasteiger partial charge is 0.191 e. The van der Waals surface area contributed by atoms with E-state index in [2.05, 4.69) is 43.2 Å². The van der Waals surface area contributed by atoms with Gasteiger partial charge in [-0.3, -0.25) is 9.89 Å². The standard InChI is InChI=1S/C16H34N4.HI/c1-5-7-11-18-15(17-6-2)19-14-16(3,4)20-12-9-8-10-13-20;/h5-14H2,1-4H3,(H2,17,18,19);1H. The number of nitrogens with zero attached hydrogens (tertiary/aromatic N) is 2. The third kappa shape index (κ3) is 8.24. The van der Waals surface area contributed by atoms with Gasteiger partial charge in [-0.25, -0.2) is 0 Å². The van der Waals surface area contributed by atoms with Gasteiger partial charge in [0.1, 0.15) is 0 Å². The summed E-state index contributed by atoms with van der Waals surface area (Å²) in [7, 11) is 0. The second-order valence-electron chi connectivity index (χ2n) is 6.34. The molecule has 0 atom stereocenters. The highest BCUT2D eigenvalue weighted by Crippen LogP contribution is 2.20. The van der Waals surface area contributed by atoms with E-state index in [4.69, 9.17) is 4.99 Å². The molecular formula is C16H35IN4. The number of halogens is 1. The van der Waals surface area contributed by atoms with Crippen LogP contribution in [0.5, 0.6) is 0 Å². The van der Waals surface area contributed by atoms with E-state index in [0.717, 1.165) is 25.6 Å². The summed E-state index contributed by atoms with van der Waals surface area (Å²) >= 11 is 0. The molecule has 1 saturated heterocycles. The van der Waals surface area contributed by atoms with Gasteiger partial charge >= 0.3 is 0 Å². The Bertz CT molecular complexity index is 286. The Balaban J connectivity index is 0.00000400. The molecule has 0 aromatic rings. The Morgan fingerprint density at radius 3 is 2.33 bits per heavy atom. The van der Waals surface area contributed by atoms with Crippen LogP contribution >= 0.6 is 24.0 Å². The fourth-order valence-electron chi connectivity index (χ4n) is 2.60. The van der Waals surface area contributed by atoms with Gasteiger partial charge in [0.25, 0.3) is 0 Å². The van der Waals surface area contributed by atoms with E-state index in [1.54, 1.807) is 0 Å². The third-order valence-electron chi connectivity index (χ3n) is 4.00. The fraction of sp³-hybridized carbons (Fsp3) is 0.938. The molecule has 0 amide bonds. The molecule has 1 aliphatic heterocycles. The van der Waals surface area contributed by atoms with Gasteiger partial charge < -0.3 is 10.6 Å². The first-order valence-electron chi connectivity index (χ1n) is 8.37. The van der Waals surface area contributed by atoms with Crippen LogP contribution in [0.3, 0.4) is 0 Å². The number of likely N-dealkylation sites (tertiary alicyclic amines) is 1. The number of hydrogen-bond acceptors (Lipinski definition) is 2. The van der Waals surface area contributed by atoms with Crippen molar-refractivity contribution < 1.29 is 0 Å². The van der Waals surface area contributed by atoms with Crippen LogP contribution in [0, 0.1) is 0 Å². The number of aliphatic imine (C=N–C) groups is 1. The van der Waals surface area contributed by atoms with Crippen LogP contribution in [0.15, 0.2) is 4.99 Å². The lowest BCUT2D eigenvalue weighted by Crippen LogP contribution is -2.49. The summed E-state index contributed by atoms with van der Waals surface area (Å²) in [5, 5.41) is 6.75. The summed E-state index contributed by atoms with van der Waals surface area (Å²) < 4.78 is 0. The molecule has 0 aromatic heterocycles. The maximum Gasteiger partial charge on any atom is 0.191 e. The summed E-state index contributed by atoms with van der Waals surface area (Å²) in [5.74, 6) is 0.964. The van der Waals surface area contributed by atoms with Gasteiger partial charge in [0.05, 0.1) is 6.54 Å². The lowest BCUT2D eigenvalue weighted by atomic mass is 9.99. The molecule has 4 nitrogen and oxygen atoms in total. The lowest BCUT2D eigenvalue weighted by molar-refractivity contribution is 0.102. The fourth-order valence-corrected chi connectivity index (χ4v) is 2.60. The molecule has 126 valence electrons. The molecule has 0 spiro atoms. The minimum atomic E-state index is 0. The molecular weight excluding hydrogens is 375 g/mol. The molecule has 0 saturated carbocycles. The average Bonchev–Trinajstić information content (AvgIpc) is 2.46.